The lowest BCUT2D eigenvalue weighted by Crippen LogP contribution is -2.53. The summed E-state index contributed by atoms with van der Waals surface area (Å²) in [6.45, 7) is 1.11. The van der Waals surface area contributed by atoms with Crippen molar-refractivity contribution in [2.75, 3.05) is 13.1 Å². The van der Waals surface area contributed by atoms with Crippen molar-refractivity contribution in [1.29, 1.82) is 0 Å². The molecule has 1 aromatic carbocycles. The SMILES string of the molecule is OC1(C(F)(F)F)CCN(Cc2cccc(Br)c2)CC1. The van der Waals surface area contributed by atoms with Gasteiger partial charge in [-0.2, -0.15) is 13.2 Å². The highest BCUT2D eigenvalue weighted by Crippen LogP contribution is 2.38. The molecular formula is C13H15BrF3NO. The van der Waals surface area contributed by atoms with Crippen molar-refractivity contribution < 1.29 is 18.3 Å². The fourth-order valence-electron chi connectivity index (χ4n) is 2.26. The standard InChI is InChI=1S/C13H15BrF3NO/c14-11-3-1-2-10(8-11)9-18-6-4-12(19,5-7-18)13(15,16)17/h1-3,8,19H,4-7,9H2. The number of alkyl halides is 3. The Labute approximate surface area is 118 Å². The Morgan fingerprint density at radius 1 is 1.26 bits per heavy atom. The molecule has 0 saturated carbocycles. The molecule has 6 heteroatoms. The smallest absolute Gasteiger partial charge is 0.380 e. The molecule has 0 aliphatic carbocycles. The van der Waals surface area contributed by atoms with E-state index in [1.165, 1.54) is 0 Å². The van der Waals surface area contributed by atoms with E-state index in [1.54, 1.807) is 0 Å². The van der Waals surface area contributed by atoms with Crippen LogP contribution in [0.25, 0.3) is 0 Å². The van der Waals surface area contributed by atoms with E-state index in [4.69, 9.17) is 0 Å². The molecule has 2 nitrogen and oxygen atoms in total. The quantitative estimate of drug-likeness (QED) is 0.894. The predicted octanol–water partition coefficient (Wildman–Crippen LogP) is 3.34. The molecule has 2 rings (SSSR count). The Morgan fingerprint density at radius 3 is 2.42 bits per heavy atom. The van der Waals surface area contributed by atoms with Gasteiger partial charge in [0, 0.05) is 24.1 Å². The van der Waals surface area contributed by atoms with Gasteiger partial charge in [0.15, 0.2) is 5.60 Å². The zero-order valence-corrected chi connectivity index (χ0v) is 11.8. The summed E-state index contributed by atoms with van der Waals surface area (Å²) in [5, 5.41) is 9.58. The van der Waals surface area contributed by atoms with Crippen molar-refractivity contribution in [3.63, 3.8) is 0 Å². The van der Waals surface area contributed by atoms with Gasteiger partial charge in [-0.25, -0.2) is 0 Å². The molecule has 0 atom stereocenters. The lowest BCUT2D eigenvalue weighted by molar-refractivity contribution is -0.272. The van der Waals surface area contributed by atoms with Gasteiger partial charge in [0.1, 0.15) is 0 Å². The maximum Gasteiger partial charge on any atom is 0.417 e. The van der Waals surface area contributed by atoms with Crippen LogP contribution in [0.5, 0.6) is 0 Å². The third-order valence-corrected chi connectivity index (χ3v) is 4.00. The van der Waals surface area contributed by atoms with Crippen LogP contribution in [0.4, 0.5) is 13.2 Å². The second-order valence-corrected chi connectivity index (χ2v) is 5.85. The van der Waals surface area contributed by atoms with Gasteiger partial charge in [-0.1, -0.05) is 28.1 Å². The van der Waals surface area contributed by atoms with Crippen LogP contribution in [-0.4, -0.2) is 34.9 Å². The van der Waals surface area contributed by atoms with Gasteiger partial charge in [0.2, 0.25) is 0 Å². The Hall–Kier alpha value is -0.590. The summed E-state index contributed by atoms with van der Waals surface area (Å²) in [5.41, 5.74) is -1.47. The maximum atomic E-state index is 12.7. The number of aliphatic hydroxyl groups is 1. The summed E-state index contributed by atoms with van der Waals surface area (Å²) in [5.74, 6) is 0. The van der Waals surface area contributed by atoms with Gasteiger partial charge in [0.05, 0.1) is 0 Å². The fraction of sp³-hybridized carbons (Fsp3) is 0.538. The highest BCUT2D eigenvalue weighted by molar-refractivity contribution is 9.10. The summed E-state index contributed by atoms with van der Waals surface area (Å²) < 4.78 is 38.9. The van der Waals surface area contributed by atoms with E-state index in [1.807, 2.05) is 29.2 Å². The number of rotatable bonds is 2. The van der Waals surface area contributed by atoms with Gasteiger partial charge in [-0.15, -0.1) is 0 Å². The number of likely N-dealkylation sites (tertiary alicyclic amines) is 1. The number of benzene rings is 1. The number of nitrogens with zero attached hydrogens (tertiary/aromatic N) is 1. The minimum absolute atomic E-state index is 0.253. The van der Waals surface area contributed by atoms with E-state index in [-0.39, 0.29) is 25.9 Å². The molecule has 1 fully saturated rings. The topological polar surface area (TPSA) is 23.5 Å². The van der Waals surface area contributed by atoms with Crippen LogP contribution in [-0.2, 0) is 6.54 Å². The summed E-state index contributed by atoms with van der Waals surface area (Å²) >= 11 is 3.36. The van der Waals surface area contributed by atoms with Gasteiger partial charge in [-0.3, -0.25) is 4.90 Å². The zero-order chi connectivity index (χ0) is 14.1. The van der Waals surface area contributed by atoms with E-state index in [2.05, 4.69) is 15.9 Å². The molecule has 1 heterocycles. The van der Waals surface area contributed by atoms with Gasteiger partial charge in [0.25, 0.3) is 0 Å². The molecule has 1 aromatic rings. The normalized spacial score (nSPS) is 20.5. The summed E-state index contributed by atoms with van der Waals surface area (Å²) in [6.07, 6.45) is -5.05. The lowest BCUT2D eigenvalue weighted by atomic mass is 9.90. The van der Waals surface area contributed by atoms with Crippen LogP contribution < -0.4 is 0 Å². The van der Waals surface area contributed by atoms with Crippen molar-refractivity contribution in [1.82, 2.24) is 4.90 Å². The molecule has 0 aromatic heterocycles. The molecule has 1 saturated heterocycles. The Kier molecular flexibility index (Phi) is 4.23. The minimum Gasteiger partial charge on any atom is -0.380 e. The van der Waals surface area contributed by atoms with E-state index < -0.39 is 11.8 Å². The van der Waals surface area contributed by atoms with E-state index in [9.17, 15) is 18.3 Å². The molecule has 1 N–H and O–H groups in total. The average Bonchev–Trinajstić information content (AvgIpc) is 2.31. The van der Waals surface area contributed by atoms with Crippen molar-refractivity contribution in [2.45, 2.75) is 31.2 Å². The van der Waals surface area contributed by atoms with Crippen LogP contribution >= 0.6 is 15.9 Å². The van der Waals surface area contributed by atoms with Crippen LogP contribution in [0.3, 0.4) is 0 Å². The highest BCUT2D eigenvalue weighted by atomic mass is 79.9. The highest BCUT2D eigenvalue weighted by Gasteiger charge is 2.54. The second kappa shape index (κ2) is 5.42. The second-order valence-electron chi connectivity index (χ2n) is 4.94. The summed E-state index contributed by atoms with van der Waals surface area (Å²) in [6, 6.07) is 7.69. The van der Waals surface area contributed by atoms with E-state index in [0.29, 0.717) is 6.54 Å². The Bertz CT molecular complexity index is 442. The molecule has 0 radical (unpaired) electrons. The van der Waals surface area contributed by atoms with E-state index >= 15 is 0 Å². The van der Waals surface area contributed by atoms with Crippen molar-refractivity contribution >= 4 is 15.9 Å². The summed E-state index contributed by atoms with van der Waals surface area (Å²) in [7, 11) is 0. The first-order valence-electron chi connectivity index (χ1n) is 6.06. The van der Waals surface area contributed by atoms with Crippen LogP contribution in [0.1, 0.15) is 18.4 Å². The third-order valence-electron chi connectivity index (χ3n) is 3.51. The van der Waals surface area contributed by atoms with Crippen LogP contribution in [0.2, 0.25) is 0 Å². The zero-order valence-electron chi connectivity index (χ0n) is 10.3. The van der Waals surface area contributed by atoms with Gasteiger partial charge < -0.3 is 5.11 Å². The van der Waals surface area contributed by atoms with Gasteiger partial charge in [-0.05, 0) is 30.5 Å². The number of piperidine rings is 1. The maximum absolute atomic E-state index is 12.7. The van der Waals surface area contributed by atoms with Crippen LogP contribution in [0.15, 0.2) is 28.7 Å². The first-order chi connectivity index (χ1) is 8.80. The largest absolute Gasteiger partial charge is 0.417 e. The lowest BCUT2D eigenvalue weighted by Gasteiger charge is -2.39. The molecule has 19 heavy (non-hydrogen) atoms. The van der Waals surface area contributed by atoms with Gasteiger partial charge >= 0.3 is 6.18 Å². The Balaban J connectivity index is 1.94. The predicted molar refractivity (Wildman–Crippen MR) is 69.7 cm³/mol. The van der Waals surface area contributed by atoms with Crippen molar-refractivity contribution in [3.8, 4) is 0 Å². The third kappa shape index (κ3) is 3.49. The number of halogens is 4. The molecule has 106 valence electrons. The molecule has 1 aliphatic rings. The van der Waals surface area contributed by atoms with Crippen molar-refractivity contribution in [2.24, 2.45) is 0 Å². The number of hydrogen-bond donors (Lipinski definition) is 1. The molecule has 0 bridgehead atoms. The molecular weight excluding hydrogens is 323 g/mol. The molecule has 0 spiro atoms. The van der Waals surface area contributed by atoms with Crippen molar-refractivity contribution in [3.05, 3.63) is 34.3 Å². The summed E-state index contributed by atoms with van der Waals surface area (Å²) in [4.78, 5) is 1.93. The van der Waals surface area contributed by atoms with Crippen LogP contribution in [0, 0.1) is 0 Å². The molecule has 0 amide bonds. The molecule has 1 aliphatic heterocycles. The van der Waals surface area contributed by atoms with E-state index in [0.717, 1.165) is 10.0 Å². The minimum atomic E-state index is -4.53. The average molecular weight is 338 g/mol. The molecule has 0 unspecified atom stereocenters. The number of hydrogen-bond acceptors (Lipinski definition) is 2. The first kappa shape index (κ1) is 14.8. The fourth-order valence-corrected chi connectivity index (χ4v) is 2.70. The first-order valence-corrected chi connectivity index (χ1v) is 6.85. The monoisotopic (exact) mass is 337 g/mol. The Morgan fingerprint density at radius 2 is 1.89 bits per heavy atom.